The van der Waals surface area contributed by atoms with E-state index in [4.69, 9.17) is 15.7 Å². The van der Waals surface area contributed by atoms with Crippen molar-refractivity contribution in [3.05, 3.63) is 69.9 Å². The molecule has 0 unspecified atom stereocenters. The minimum Gasteiger partial charge on any atom is -0.398 e. The molecule has 0 bridgehead atoms. The first-order chi connectivity index (χ1) is 20.2. The van der Waals surface area contributed by atoms with Gasteiger partial charge in [0.15, 0.2) is 11.5 Å². The first-order valence-electron chi connectivity index (χ1n) is 14.9. The van der Waals surface area contributed by atoms with Crippen molar-refractivity contribution in [2.45, 2.75) is 70.4 Å². The summed E-state index contributed by atoms with van der Waals surface area (Å²) in [6.45, 7) is 8.52. The van der Waals surface area contributed by atoms with Crippen molar-refractivity contribution in [2.75, 3.05) is 30.3 Å². The summed E-state index contributed by atoms with van der Waals surface area (Å²) in [7, 11) is 0. The van der Waals surface area contributed by atoms with Crippen molar-refractivity contribution in [1.29, 1.82) is 0 Å². The van der Waals surface area contributed by atoms with Gasteiger partial charge >= 0.3 is 5.69 Å². The fraction of sp³-hybridized carbons (Fsp3) is 0.438. The lowest BCUT2D eigenvalue weighted by Gasteiger charge is -2.42. The predicted molar refractivity (Wildman–Crippen MR) is 160 cm³/mol. The molecule has 4 heterocycles. The van der Waals surface area contributed by atoms with Crippen molar-refractivity contribution >= 4 is 22.5 Å². The summed E-state index contributed by atoms with van der Waals surface area (Å²) in [6.07, 6.45) is 5.84. The first-order valence-corrected chi connectivity index (χ1v) is 14.9. The van der Waals surface area contributed by atoms with Gasteiger partial charge in [-0.1, -0.05) is 6.07 Å². The number of halogens is 2. The lowest BCUT2D eigenvalue weighted by molar-refractivity contribution is 0.148. The third-order valence-electron chi connectivity index (χ3n) is 8.91. The van der Waals surface area contributed by atoms with Gasteiger partial charge < -0.3 is 10.6 Å². The molecule has 10 heteroatoms. The lowest BCUT2D eigenvalue weighted by atomic mass is 10.0. The van der Waals surface area contributed by atoms with Crippen LogP contribution in [-0.2, 0) is 0 Å². The molecule has 218 valence electrons. The van der Waals surface area contributed by atoms with Crippen LogP contribution < -0.4 is 16.3 Å². The second kappa shape index (κ2) is 10.1. The Kier molecular flexibility index (Phi) is 6.49. The van der Waals surface area contributed by atoms with Gasteiger partial charge in [-0.05, 0) is 82.2 Å². The summed E-state index contributed by atoms with van der Waals surface area (Å²) in [5, 5.41) is 0.406. The molecule has 2 N–H and O–H groups in total. The third kappa shape index (κ3) is 4.52. The molecular formula is C32H35F2N7O. The molecule has 0 radical (unpaired) electrons. The van der Waals surface area contributed by atoms with E-state index in [1.807, 2.05) is 17.2 Å². The molecule has 1 saturated heterocycles. The molecule has 7 rings (SSSR count). The minimum absolute atomic E-state index is 0.0706. The van der Waals surface area contributed by atoms with Crippen LogP contribution >= 0.6 is 0 Å². The van der Waals surface area contributed by atoms with E-state index in [-0.39, 0.29) is 34.6 Å². The number of nitrogen functional groups attached to an aromatic ring is 1. The van der Waals surface area contributed by atoms with Gasteiger partial charge in [0, 0.05) is 49.5 Å². The van der Waals surface area contributed by atoms with Crippen LogP contribution in [0.4, 0.5) is 20.3 Å². The van der Waals surface area contributed by atoms with Crippen LogP contribution in [0.2, 0.25) is 0 Å². The Morgan fingerprint density at radius 2 is 1.76 bits per heavy atom. The molecule has 8 nitrogen and oxygen atoms in total. The highest BCUT2D eigenvalue weighted by molar-refractivity contribution is 5.91. The number of pyridine rings is 2. The molecule has 42 heavy (non-hydrogen) atoms. The maximum Gasteiger partial charge on any atom is 0.355 e. The number of nitrogens with two attached hydrogens (primary N) is 1. The number of benzene rings is 1. The molecule has 4 aromatic rings. The normalized spacial score (nSPS) is 19.7. The molecule has 3 aliphatic rings. The molecule has 3 fully saturated rings. The topological polar surface area (TPSA) is 93.2 Å². The highest BCUT2D eigenvalue weighted by atomic mass is 19.1. The van der Waals surface area contributed by atoms with Crippen molar-refractivity contribution in [2.24, 2.45) is 0 Å². The van der Waals surface area contributed by atoms with Crippen LogP contribution in [0.5, 0.6) is 0 Å². The van der Waals surface area contributed by atoms with Crippen LogP contribution in [0.1, 0.15) is 69.5 Å². The van der Waals surface area contributed by atoms with E-state index in [1.165, 1.54) is 28.8 Å². The van der Waals surface area contributed by atoms with Crippen LogP contribution in [-0.4, -0.2) is 56.1 Å². The average molecular weight is 572 g/mol. The van der Waals surface area contributed by atoms with Gasteiger partial charge in [0.05, 0.1) is 22.3 Å². The van der Waals surface area contributed by atoms with Gasteiger partial charge in [0.1, 0.15) is 17.3 Å². The number of hydrogen-bond acceptors (Lipinski definition) is 7. The number of rotatable bonds is 6. The third-order valence-corrected chi connectivity index (χ3v) is 8.91. The number of anilines is 2. The van der Waals surface area contributed by atoms with Gasteiger partial charge in [0.25, 0.3) is 0 Å². The van der Waals surface area contributed by atoms with E-state index in [0.29, 0.717) is 41.9 Å². The Labute approximate surface area is 243 Å². The van der Waals surface area contributed by atoms with E-state index in [9.17, 15) is 4.79 Å². The summed E-state index contributed by atoms with van der Waals surface area (Å²) < 4.78 is 32.6. The first kappa shape index (κ1) is 26.9. The summed E-state index contributed by atoms with van der Waals surface area (Å²) in [5.41, 5.74) is 8.16. The van der Waals surface area contributed by atoms with Crippen LogP contribution in [0.15, 0.2) is 41.3 Å². The number of aromatic nitrogens is 4. The van der Waals surface area contributed by atoms with Gasteiger partial charge in [-0.3, -0.25) is 9.88 Å². The van der Waals surface area contributed by atoms with Crippen molar-refractivity contribution in [3.8, 4) is 16.9 Å². The summed E-state index contributed by atoms with van der Waals surface area (Å²) >= 11 is 0. The highest BCUT2D eigenvalue weighted by Gasteiger charge is 2.36. The average Bonchev–Trinajstić information content (AvgIpc) is 3.86. The fourth-order valence-electron chi connectivity index (χ4n) is 6.55. The minimum atomic E-state index is -0.725. The Morgan fingerprint density at radius 1 is 1.00 bits per heavy atom. The quantitative estimate of drug-likeness (QED) is 0.311. The standard InChI is InChI=1S/C32H35F2N7O/c1-17(2)40-14-13-39(16-18(40)3)30-22-15-24(34)28(26-23(33)5-4-6-25(26)35)37-31(22)41(32(42)38-30)29-21(19-7-8-19)11-12-36-27(29)20-9-10-20/h4-6,11-12,15,17-20H,7-10,13-14,16,35H2,1-3H3/t18-/m1/s1. The van der Waals surface area contributed by atoms with Crippen LogP contribution in [0.3, 0.4) is 0 Å². The van der Waals surface area contributed by atoms with Gasteiger partial charge in [-0.15, -0.1) is 0 Å². The van der Waals surface area contributed by atoms with Crippen LogP contribution in [0, 0.1) is 11.6 Å². The Hall–Kier alpha value is -3.92. The molecule has 3 aromatic heterocycles. The smallest absolute Gasteiger partial charge is 0.355 e. The largest absolute Gasteiger partial charge is 0.398 e. The number of piperazine rings is 1. The Morgan fingerprint density at radius 3 is 2.43 bits per heavy atom. The maximum atomic E-state index is 16.0. The van der Waals surface area contributed by atoms with E-state index in [2.05, 4.69) is 30.7 Å². The lowest BCUT2D eigenvalue weighted by Crippen LogP contribution is -2.54. The number of hydrogen-bond donors (Lipinski definition) is 1. The van der Waals surface area contributed by atoms with Crippen LogP contribution in [0.25, 0.3) is 28.0 Å². The fourth-order valence-corrected chi connectivity index (χ4v) is 6.55. The predicted octanol–water partition coefficient (Wildman–Crippen LogP) is 5.38. The zero-order chi connectivity index (χ0) is 29.3. The second-order valence-electron chi connectivity index (χ2n) is 12.3. The SMILES string of the molecule is CC(C)N1CCN(c2nc(=O)n(-c3c(C4CC4)ccnc3C3CC3)c3nc(-c4c(N)cccc4F)c(F)cc23)C[C@H]1C. The summed E-state index contributed by atoms with van der Waals surface area (Å²) in [6, 6.07) is 8.11. The Bertz CT molecular complexity index is 1710. The van der Waals surface area contributed by atoms with Gasteiger partial charge in [-0.25, -0.2) is 23.1 Å². The monoisotopic (exact) mass is 571 g/mol. The molecule has 2 aliphatic carbocycles. The maximum absolute atomic E-state index is 16.0. The number of fused-ring (bicyclic) bond motifs is 1. The van der Waals surface area contributed by atoms with E-state index < -0.39 is 17.3 Å². The highest BCUT2D eigenvalue weighted by Crippen LogP contribution is 2.48. The van der Waals surface area contributed by atoms with E-state index in [0.717, 1.165) is 43.5 Å². The van der Waals surface area contributed by atoms with Gasteiger partial charge in [0.2, 0.25) is 0 Å². The molecule has 1 aliphatic heterocycles. The molecule has 1 aromatic carbocycles. The molecule has 2 saturated carbocycles. The van der Waals surface area contributed by atoms with E-state index >= 15 is 8.78 Å². The number of nitrogens with zero attached hydrogens (tertiary/aromatic N) is 6. The molecule has 1 atom stereocenters. The van der Waals surface area contributed by atoms with Gasteiger partial charge in [-0.2, -0.15) is 4.98 Å². The van der Waals surface area contributed by atoms with E-state index in [1.54, 1.807) is 0 Å². The van der Waals surface area contributed by atoms with Crippen molar-refractivity contribution < 1.29 is 8.78 Å². The van der Waals surface area contributed by atoms with Crippen molar-refractivity contribution in [1.82, 2.24) is 24.4 Å². The van der Waals surface area contributed by atoms with Crippen molar-refractivity contribution in [3.63, 3.8) is 0 Å². The molecular weight excluding hydrogens is 536 g/mol. The molecule has 0 spiro atoms. The zero-order valence-electron chi connectivity index (χ0n) is 24.1. The zero-order valence-corrected chi connectivity index (χ0v) is 24.1. The molecule has 0 amide bonds. The second-order valence-corrected chi connectivity index (χ2v) is 12.3. The Balaban J connectivity index is 1.51. The summed E-state index contributed by atoms with van der Waals surface area (Å²) in [4.78, 5) is 32.7. The summed E-state index contributed by atoms with van der Waals surface area (Å²) in [5.74, 6) is -0.453.